The van der Waals surface area contributed by atoms with Crippen LogP contribution in [0.15, 0.2) is 12.3 Å². The SMILES string of the molecule is COC(=O)Cc1ccnn1CC(F)(F)F. The molecule has 7 heteroatoms. The number of halogens is 3. The molecule has 0 aliphatic rings. The zero-order valence-electron chi connectivity index (χ0n) is 7.91. The Kier molecular flexibility index (Phi) is 3.33. The van der Waals surface area contributed by atoms with Gasteiger partial charge in [-0.05, 0) is 6.07 Å². The third-order valence-corrected chi connectivity index (χ3v) is 1.69. The molecule has 0 aliphatic carbocycles. The van der Waals surface area contributed by atoms with E-state index in [0.717, 1.165) is 4.68 Å². The number of methoxy groups -OCH3 is 1. The molecule has 0 saturated carbocycles. The lowest BCUT2D eigenvalue weighted by Crippen LogP contribution is -2.21. The highest BCUT2D eigenvalue weighted by Crippen LogP contribution is 2.18. The van der Waals surface area contributed by atoms with Gasteiger partial charge < -0.3 is 4.74 Å². The number of alkyl halides is 3. The van der Waals surface area contributed by atoms with Crippen molar-refractivity contribution in [3.8, 4) is 0 Å². The molecule has 0 spiro atoms. The number of rotatable bonds is 3. The van der Waals surface area contributed by atoms with Crippen LogP contribution in [0.2, 0.25) is 0 Å². The second kappa shape index (κ2) is 4.33. The van der Waals surface area contributed by atoms with Gasteiger partial charge in [0.15, 0.2) is 0 Å². The fourth-order valence-electron chi connectivity index (χ4n) is 1.04. The van der Waals surface area contributed by atoms with Gasteiger partial charge in [0.1, 0.15) is 6.54 Å². The maximum atomic E-state index is 12.0. The highest BCUT2D eigenvalue weighted by Gasteiger charge is 2.29. The maximum absolute atomic E-state index is 12.0. The van der Waals surface area contributed by atoms with Crippen LogP contribution in [-0.4, -0.2) is 29.0 Å². The van der Waals surface area contributed by atoms with Crippen molar-refractivity contribution in [2.75, 3.05) is 7.11 Å². The lowest BCUT2D eigenvalue weighted by Gasteiger charge is -2.09. The summed E-state index contributed by atoms with van der Waals surface area (Å²) in [4.78, 5) is 10.9. The summed E-state index contributed by atoms with van der Waals surface area (Å²) >= 11 is 0. The zero-order valence-corrected chi connectivity index (χ0v) is 7.91. The van der Waals surface area contributed by atoms with Gasteiger partial charge in [0.2, 0.25) is 0 Å². The first-order chi connectivity index (χ1) is 6.92. The molecule has 0 bridgehead atoms. The predicted octanol–water partition coefficient (Wildman–Crippen LogP) is 1.16. The lowest BCUT2D eigenvalue weighted by molar-refractivity contribution is -0.145. The van der Waals surface area contributed by atoms with Gasteiger partial charge >= 0.3 is 12.1 Å². The quantitative estimate of drug-likeness (QED) is 0.721. The zero-order chi connectivity index (χ0) is 11.5. The number of carbonyl (C=O) groups excluding carboxylic acids is 1. The van der Waals surface area contributed by atoms with Gasteiger partial charge in [-0.3, -0.25) is 9.48 Å². The fourth-order valence-corrected chi connectivity index (χ4v) is 1.04. The second-order valence-electron chi connectivity index (χ2n) is 2.85. The number of esters is 1. The summed E-state index contributed by atoms with van der Waals surface area (Å²) in [6.07, 6.45) is -3.35. The molecule has 0 fully saturated rings. The molecule has 4 nitrogen and oxygen atoms in total. The van der Waals surface area contributed by atoms with Crippen molar-refractivity contribution in [2.24, 2.45) is 0 Å². The summed E-state index contributed by atoms with van der Waals surface area (Å²) in [5.41, 5.74) is 0.180. The molecule has 0 amide bonds. The van der Waals surface area contributed by atoms with E-state index in [9.17, 15) is 18.0 Å². The molecule has 1 aromatic rings. The Morgan fingerprint density at radius 2 is 2.27 bits per heavy atom. The first kappa shape index (κ1) is 11.5. The number of ether oxygens (including phenoxy) is 1. The number of hydrogen-bond donors (Lipinski definition) is 0. The summed E-state index contributed by atoms with van der Waals surface area (Å²) in [5.74, 6) is -0.598. The van der Waals surface area contributed by atoms with E-state index >= 15 is 0 Å². The van der Waals surface area contributed by atoms with E-state index in [1.807, 2.05) is 0 Å². The number of carbonyl (C=O) groups is 1. The van der Waals surface area contributed by atoms with Crippen LogP contribution in [0.25, 0.3) is 0 Å². The fraction of sp³-hybridized carbons (Fsp3) is 0.500. The van der Waals surface area contributed by atoms with Crippen molar-refractivity contribution < 1.29 is 22.7 Å². The molecule has 0 saturated heterocycles. The highest BCUT2D eigenvalue weighted by molar-refractivity contribution is 5.71. The standard InChI is InChI=1S/C8H9F3N2O2/c1-15-7(14)4-6-2-3-12-13(6)5-8(9,10)11/h2-3H,4-5H2,1H3. The van der Waals surface area contributed by atoms with Gasteiger partial charge in [0.25, 0.3) is 0 Å². The van der Waals surface area contributed by atoms with Crippen LogP contribution in [0.4, 0.5) is 13.2 Å². The van der Waals surface area contributed by atoms with Crippen LogP contribution in [0.5, 0.6) is 0 Å². The molecule has 0 aromatic carbocycles. The number of aromatic nitrogens is 2. The Morgan fingerprint density at radius 1 is 1.60 bits per heavy atom. The van der Waals surface area contributed by atoms with Crippen molar-refractivity contribution in [1.29, 1.82) is 0 Å². The third-order valence-electron chi connectivity index (χ3n) is 1.69. The van der Waals surface area contributed by atoms with Gasteiger partial charge in [-0.15, -0.1) is 0 Å². The molecule has 15 heavy (non-hydrogen) atoms. The van der Waals surface area contributed by atoms with Gasteiger partial charge in [-0.2, -0.15) is 18.3 Å². The van der Waals surface area contributed by atoms with Gasteiger partial charge in [-0.1, -0.05) is 0 Å². The van der Waals surface area contributed by atoms with Crippen LogP contribution in [-0.2, 0) is 22.5 Å². The molecule has 1 aromatic heterocycles. The third kappa shape index (κ3) is 3.61. The van der Waals surface area contributed by atoms with E-state index in [0.29, 0.717) is 0 Å². The summed E-state index contributed by atoms with van der Waals surface area (Å²) in [6, 6.07) is 1.35. The van der Waals surface area contributed by atoms with Crippen molar-refractivity contribution in [2.45, 2.75) is 19.1 Å². The minimum absolute atomic E-state index is 0.180. The minimum atomic E-state index is -4.35. The Balaban J connectivity index is 2.74. The van der Waals surface area contributed by atoms with Crippen molar-refractivity contribution in [1.82, 2.24) is 9.78 Å². The molecule has 0 unspecified atom stereocenters. The molecular formula is C8H9F3N2O2. The van der Waals surface area contributed by atoms with Crippen molar-refractivity contribution in [3.05, 3.63) is 18.0 Å². The molecule has 0 aliphatic heterocycles. The van der Waals surface area contributed by atoms with Gasteiger partial charge in [0.05, 0.1) is 13.5 Å². The minimum Gasteiger partial charge on any atom is -0.469 e. The largest absolute Gasteiger partial charge is 0.469 e. The van der Waals surface area contributed by atoms with Crippen LogP contribution >= 0.6 is 0 Å². The predicted molar refractivity (Wildman–Crippen MR) is 44.0 cm³/mol. The van der Waals surface area contributed by atoms with Crippen LogP contribution in [0.1, 0.15) is 5.69 Å². The monoisotopic (exact) mass is 222 g/mol. The average molecular weight is 222 g/mol. The van der Waals surface area contributed by atoms with Crippen LogP contribution in [0, 0.1) is 0 Å². The number of hydrogen-bond acceptors (Lipinski definition) is 3. The highest BCUT2D eigenvalue weighted by atomic mass is 19.4. The number of nitrogens with zero attached hydrogens (tertiary/aromatic N) is 2. The van der Waals surface area contributed by atoms with E-state index in [1.165, 1.54) is 19.4 Å². The van der Waals surface area contributed by atoms with Gasteiger partial charge in [0, 0.05) is 11.9 Å². The molecule has 0 radical (unpaired) electrons. The van der Waals surface area contributed by atoms with E-state index in [-0.39, 0.29) is 12.1 Å². The van der Waals surface area contributed by atoms with Gasteiger partial charge in [-0.25, -0.2) is 0 Å². The Bertz CT molecular complexity index is 346. The maximum Gasteiger partial charge on any atom is 0.408 e. The first-order valence-corrected chi connectivity index (χ1v) is 4.06. The lowest BCUT2D eigenvalue weighted by atomic mass is 10.3. The molecule has 1 heterocycles. The second-order valence-corrected chi connectivity index (χ2v) is 2.85. The van der Waals surface area contributed by atoms with Crippen molar-refractivity contribution in [3.63, 3.8) is 0 Å². The van der Waals surface area contributed by atoms with E-state index in [1.54, 1.807) is 0 Å². The van der Waals surface area contributed by atoms with Crippen LogP contribution < -0.4 is 0 Å². The topological polar surface area (TPSA) is 44.1 Å². The molecule has 1 rings (SSSR count). The molecule has 84 valence electrons. The smallest absolute Gasteiger partial charge is 0.408 e. The first-order valence-electron chi connectivity index (χ1n) is 4.06. The van der Waals surface area contributed by atoms with Crippen molar-refractivity contribution >= 4 is 5.97 Å². The molecule has 0 N–H and O–H groups in total. The summed E-state index contributed by atoms with van der Waals surface area (Å²) in [6.45, 7) is -1.20. The summed E-state index contributed by atoms with van der Waals surface area (Å²) < 4.78 is 41.2. The molecule has 0 atom stereocenters. The van der Waals surface area contributed by atoms with Crippen LogP contribution in [0.3, 0.4) is 0 Å². The van der Waals surface area contributed by atoms with E-state index in [2.05, 4.69) is 9.84 Å². The summed E-state index contributed by atoms with van der Waals surface area (Å²) in [7, 11) is 1.17. The molecular weight excluding hydrogens is 213 g/mol. The Labute approximate surface area is 83.6 Å². The Morgan fingerprint density at radius 3 is 2.80 bits per heavy atom. The Hall–Kier alpha value is -1.53. The van der Waals surface area contributed by atoms with E-state index < -0.39 is 18.7 Å². The summed E-state index contributed by atoms with van der Waals surface area (Å²) in [5, 5.41) is 3.48. The van der Waals surface area contributed by atoms with E-state index in [4.69, 9.17) is 0 Å². The normalized spacial score (nSPS) is 11.5. The average Bonchev–Trinajstić information content (AvgIpc) is 2.50.